The number of rotatable bonds is 6. The average Bonchev–Trinajstić information content (AvgIpc) is 2.89. The Morgan fingerprint density at radius 3 is 2.75 bits per heavy atom. The van der Waals surface area contributed by atoms with Gasteiger partial charge in [-0.3, -0.25) is 4.79 Å². The van der Waals surface area contributed by atoms with Crippen LogP contribution in [0.1, 0.15) is 49.3 Å². The lowest BCUT2D eigenvalue weighted by molar-refractivity contribution is 0.111. The third kappa shape index (κ3) is 2.71. The van der Waals surface area contributed by atoms with E-state index in [1.165, 1.54) is 0 Å². The fourth-order valence-electron chi connectivity index (χ4n) is 2.07. The highest BCUT2D eigenvalue weighted by molar-refractivity contribution is 5.74. The Balaban J connectivity index is 2.51. The SMILES string of the molecule is CCCOc1ccccc1-n1nnc(C=O)c1C(C)C. The van der Waals surface area contributed by atoms with Crippen LogP contribution >= 0.6 is 0 Å². The Hall–Kier alpha value is -2.17. The molecule has 0 radical (unpaired) electrons. The summed E-state index contributed by atoms with van der Waals surface area (Å²) < 4.78 is 7.44. The van der Waals surface area contributed by atoms with Crippen molar-refractivity contribution in [2.24, 2.45) is 0 Å². The van der Waals surface area contributed by atoms with Crippen LogP contribution in [0.4, 0.5) is 0 Å². The standard InChI is InChI=1S/C15H19N3O2/c1-4-9-20-14-8-6-5-7-13(14)18-15(11(2)3)12(10-19)16-17-18/h5-8,10-11H,4,9H2,1-3H3. The zero-order valence-electron chi connectivity index (χ0n) is 12.0. The Labute approximate surface area is 118 Å². The lowest BCUT2D eigenvalue weighted by Gasteiger charge is -2.14. The van der Waals surface area contributed by atoms with Gasteiger partial charge in [0.15, 0.2) is 6.29 Å². The van der Waals surface area contributed by atoms with Gasteiger partial charge in [-0.15, -0.1) is 5.10 Å². The smallest absolute Gasteiger partial charge is 0.172 e. The molecule has 0 fully saturated rings. The molecule has 5 heteroatoms. The van der Waals surface area contributed by atoms with E-state index in [0.29, 0.717) is 12.3 Å². The minimum atomic E-state index is 0.143. The molecule has 2 aromatic rings. The van der Waals surface area contributed by atoms with Crippen molar-refractivity contribution in [3.8, 4) is 11.4 Å². The number of carbonyl (C=O) groups excluding carboxylic acids is 1. The summed E-state index contributed by atoms with van der Waals surface area (Å²) in [5, 5.41) is 8.05. The van der Waals surface area contributed by atoms with Crippen LogP contribution in [0, 0.1) is 0 Å². The summed E-state index contributed by atoms with van der Waals surface area (Å²) in [6, 6.07) is 7.65. The highest BCUT2D eigenvalue weighted by Gasteiger charge is 2.18. The minimum absolute atomic E-state index is 0.143. The van der Waals surface area contributed by atoms with E-state index in [1.807, 2.05) is 38.1 Å². The number of ether oxygens (including phenoxy) is 1. The van der Waals surface area contributed by atoms with Gasteiger partial charge < -0.3 is 4.74 Å². The monoisotopic (exact) mass is 273 g/mol. The number of hydrogen-bond donors (Lipinski definition) is 0. The summed E-state index contributed by atoms with van der Waals surface area (Å²) in [6.45, 7) is 6.72. The third-order valence-corrected chi connectivity index (χ3v) is 2.95. The van der Waals surface area contributed by atoms with Gasteiger partial charge in [0.1, 0.15) is 17.1 Å². The number of aromatic nitrogens is 3. The number of carbonyl (C=O) groups is 1. The molecule has 1 aromatic heterocycles. The molecule has 0 atom stereocenters. The summed E-state index contributed by atoms with van der Waals surface area (Å²) in [5.41, 5.74) is 1.99. The zero-order chi connectivity index (χ0) is 14.5. The molecular weight excluding hydrogens is 254 g/mol. The second kappa shape index (κ2) is 6.32. The molecule has 0 aliphatic heterocycles. The zero-order valence-corrected chi connectivity index (χ0v) is 12.0. The van der Waals surface area contributed by atoms with E-state index in [4.69, 9.17) is 4.74 Å². The van der Waals surface area contributed by atoms with Crippen molar-refractivity contribution in [1.29, 1.82) is 0 Å². The molecule has 0 N–H and O–H groups in total. The van der Waals surface area contributed by atoms with Gasteiger partial charge in [0.25, 0.3) is 0 Å². The maximum Gasteiger partial charge on any atom is 0.172 e. The van der Waals surface area contributed by atoms with Gasteiger partial charge in [0, 0.05) is 0 Å². The van der Waals surface area contributed by atoms with Crippen LogP contribution < -0.4 is 4.74 Å². The van der Waals surface area contributed by atoms with Gasteiger partial charge in [-0.25, -0.2) is 4.68 Å². The molecule has 0 saturated heterocycles. The Morgan fingerprint density at radius 2 is 2.10 bits per heavy atom. The first kappa shape index (κ1) is 14.2. The van der Waals surface area contributed by atoms with Gasteiger partial charge in [0.05, 0.1) is 12.3 Å². The number of hydrogen-bond acceptors (Lipinski definition) is 4. The van der Waals surface area contributed by atoms with Crippen LogP contribution in [-0.4, -0.2) is 27.9 Å². The first-order valence-corrected chi connectivity index (χ1v) is 6.82. The first-order chi connectivity index (χ1) is 9.69. The lowest BCUT2D eigenvalue weighted by atomic mass is 10.1. The number of nitrogens with zero attached hydrogens (tertiary/aromatic N) is 3. The van der Waals surface area contributed by atoms with E-state index in [0.717, 1.165) is 29.8 Å². The summed E-state index contributed by atoms with van der Waals surface area (Å²) in [7, 11) is 0. The molecule has 0 aliphatic carbocycles. The van der Waals surface area contributed by atoms with Crippen LogP contribution in [-0.2, 0) is 0 Å². The average molecular weight is 273 g/mol. The van der Waals surface area contributed by atoms with Crippen molar-refractivity contribution in [2.75, 3.05) is 6.61 Å². The fraction of sp³-hybridized carbons (Fsp3) is 0.400. The maximum atomic E-state index is 11.1. The third-order valence-electron chi connectivity index (χ3n) is 2.95. The minimum Gasteiger partial charge on any atom is -0.491 e. The van der Waals surface area contributed by atoms with E-state index < -0.39 is 0 Å². The molecule has 106 valence electrons. The van der Waals surface area contributed by atoms with Crippen molar-refractivity contribution in [3.63, 3.8) is 0 Å². The first-order valence-electron chi connectivity index (χ1n) is 6.82. The molecule has 0 unspecified atom stereocenters. The predicted octanol–water partition coefficient (Wildman–Crippen LogP) is 2.99. The van der Waals surface area contributed by atoms with Crippen molar-refractivity contribution >= 4 is 6.29 Å². The summed E-state index contributed by atoms with van der Waals surface area (Å²) in [6.07, 6.45) is 1.68. The van der Waals surface area contributed by atoms with Crippen LogP contribution in [0.3, 0.4) is 0 Å². The Kier molecular flexibility index (Phi) is 4.50. The molecule has 0 aliphatic rings. The largest absolute Gasteiger partial charge is 0.491 e. The van der Waals surface area contributed by atoms with Crippen molar-refractivity contribution < 1.29 is 9.53 Å². The molecule has 20 heavy (non-hydrogen) atoms. The van der Waals surface area contributed by atoms with Crippen LogP contribution in [0.2, 0.25) is 0 Å². The van der Waals surface area contributed by atoms with Gasteiger partial charge in [-0.05, 0) is 24.5 Å². The van der Waals surface area contributed by atoms with Gasteiger partial charge in [-0.2, -0.15) is 0 Å². The predicted molar refractivity (Wildman–Crippen MR) is 76.6 cm³/mol. The topological polar surface area (TPSA) is 57.0 Å². The molecular formula is C15H19N3O2. The molecule has 1 aromatic carbocycles. The van der Waals surface area contributed by atoms with Gasteiger partial charge >= 0.3 is 0 Å². The van der Waals surface area contributed by atoms with Crippen molar-refractivity contribution in [2.45, 2.75) is 33.1 Å². The quantitative estimate of drug-likeness (QED) is 0.759. The van der Waals surface area contributed by atoms with Crippen molar-refractivity contribution in [3.05, 3.63) is 35.7 Å². The van der Waals surface area contributed by atoms with E-state index in [1.54, 1.807) is 4.68 Å². The van der Waals surface area contributed by atoms with Crippen LogP contribution in [0.5, 0.6) is 5.75 Å². The number of para-hydroxylation sites is 2. The van der Waals surface area contributed by atoms with E-state index in [-0.39, 0.29) is 5.92 Å². The van der Waals surface area contributed by atoms with Crippen LogP contribution in [0.25, 0.3) is 5.69 Å². The number of aldehydes is 1. The maximum absolute atomic E-state index is 11.1. The second-order valence-corrected chi connectivity index (χ2v) is 4.86. The van der Waals surface area contributed by atoms with E-state index >= 15 is 0 Å². The molecule has 0 amide bonds. The molecule has 2 rings (SSSR count). The Bertz CT molecular complexity index is 591. The summed E-state index contributed by atoms with van der Waals surface area (Å²) in [4.78, 5) is 11.1. The van der Waals surface area contributed by atoms with E-state index in [2.05, 4.69) is 17.2 Å². The highest BCUT2D eigenvalue weighted by atomic mass is 16.5. The molecule has 0 bridgehead atoms. The van der Waals surface area contributed by atoms with E-state index in [9.17, 15) is 4.79 Å². The summed E-state index contributed by atoms with van der Waals surface area (Å²) >= 11 is 0. The van der Waals surface area contributed by atoms with Gasteiger partial charge in [0.2, 0.25) is 0 Å². The Morgan fingerprint density at radius 1 is 1.35 bits per heavy atom. The molecule has 5 nitrogen and oxygen atoms in total. The molecule has 1 heterocycles. The van der Waals surface area contributed by atoms with Gasteiger partial charge in [-0.1, -0.05) is 38.1 Å². The summed E-state index contributed by atoms with van der Waals surface area (Å²) in [5.74, 6) is 0.892. The second-order valence-electron chi connectivity index (χ2n) is 4.86. The lowest BCUT2D eigenvalue weighted by Crippen LogP contribution is -2.08. The van der Waals surface area contributed by atoms with Crippen molar-refractivity contribution in [1.82, 2.24) is 15.0 Å². The van der Waals surface area contributed by atoms with Crippen LogP contribution in [0.15, 0.2) is 24.3 Å². The number of benzene rings is 1. The molecule has 0 saturated carbocycles. The fourth-order valence-corrected chi connectivity index (χ4v) is 2.07. The highest BCUT2D eigenvalue weighted by Crippen LogP contribution is 2.27. The normalized spacial score (nSPS) is 10.8. The molecule has 0 spiro atoms.